The summed E-state index contributed by atoms with van der Waals surface area (Å²) < 4.78 is 39.9. The predicted molar refractivity (Wildman–Crippen MR) is 74.6 cm³/mol. The molecule has 0 aliphatic heterocycles. The molecule has 2 rings (SSSR count). The molecule has 6 nitrogen and oxygen atoms in total. The lowest BCUT2D eigenvalue weighted by Crippen LogP contribution is -2.24. The number of nitrogens with zero attached hydrogens (tertiary/aromatic N) is 2. The van der Waals surface area contributed by atoms with Gasteiger partial charge in [-0.1, -0.05) is 0 Å². The number of rotatable bonds is 4. The smallest absolute Gasteiger partial charge is 0.242 e. The topological polar surface area (TPSA) is 98.0 Å². The van der Waals surface area contributed by atoms with Crippen LogP contribution in [0.25, 0.3) is 0 Å². The van der Waals surface area contributed by atoms with Crippen LogP contribution in [0.5, 0.6) is 0 Å². The molecule has 0 bridgehead atoms. The molecular formula is C11H10BrFN4O2S. The van der Waals surface area contributed by atoms with E-state index in [2.05, 4.69) is 30.8 Å². The summed E-state index contributed by atoms with van der Waals surface area (Å²) in [7, 11) is -3.84. The second-order valence-corrected chi connectivity index (χ2v) is 6.43. The Morgan fingerprint density at radius 2 is 2.15 bits per heavy atom. The van der Waals surface area contributed by atoms with Crippen molar-refractivity contribution in [2.24, 2.45) is 0 Å². The zero-order valence-electron chi connectivity index (χ0n) is 10.0. The number of hydrogen-bond acceptors (Lipinski definition) is 5. The zero-order chi connectivity index (χ0) is 14.8. The average Bonchev–Trinajstić information content (AvgIpc) is 2.42. The molecule has 0 unspecified atom stereocenters. The van der Waals surface area contributed by atoms with Crippen molar-refractivity contribution in [2.75, 3.05) is 5.73 Å². The largest absolute Gasteiger partial charge is 0.396 e. The van der Waals surface area contributed by atoms with Crippen LogP contribution >= 0.6 is 15.9 Å². The van der Waals surface area contributed by atoms with Gasteiger partial charge in [0.2, 0.25) is 10.0 Å². The molecule has 9 heteroatoms. The van der Waals surface area contributed by atoms with E-state index >= 15 is 0 Å². The Bertz CT molecular complexity index is 725. The summed E-state index contributed by atoms with van der Waals surface area (Å²) in [6.45, 7) is -0.0279. The van der Waals surface area contributed by atoms with Crippen LogP contribution in [0.1, 0.15) is 5.69 Å². The molecular weight excluding hydrogens is 351 g/mol. The SMILES string of the molecule is Nc1cc(S(=O)(=O)NCc2cccnn2)c(Br)cc1F. The van der Waals surface area contributed by atoms with Crippen molar-refractivity contribution in [3.8, 4) is 0 Å². The third-order valence-electron chi connectivity index (χ3n) is 2.41. The van der Waals surface area contributed by atoms with Gasteiger partial charge < -0.3 is 5.73 Å². The molecule has 0 aliphatic carbocycles. The first kappa shape index (κ1) is 14.8. The highest BCUT2D eigenvalue weighted by atomic mass is 79.9. The van der Waals surface area contributed by atoms with Gasteiger partial charge >= 0.3 is 0 Å². The molecule has 0 spiro atoms. The van der Waals surface area contributed by atoms with Crippen molar-refractivity contribution in [2.45, 2.75) is 11.4 Å². The van der Waals surface area contributed by atoms with Crippen LogP contribution in [0.3, 0.4) is 0 Å². The van der Waals surface area contributed by atoms with E-state index in [-0.39, 0.29) is 21.6 Å². The third kappa shape index (κ3) is 3.30. The van der Waals surface area contributed by atoms with E-state index < -0.39 is 15.8 Å². The van der Waals surface area contributed by atoms with Crippen molar-refractivity contribution in [3.05, 3.63) is 46.4 Å². The molecule has 0 saturated carbocycles. The maximum absolute atomic E-state index is 13.2. The molecule has 1 heterocycles. The van der Waals surface area contributed by atoms with E-state index in [1.54, 1.807) is 12.1 Å². The van der Waals surface area contributed by atoms with Crippen LogP contribution in [0.2, 0.25) is 0 Å². The lowest BCUT2D eigenvalue weighted by Gasteiger charge is -2.09. The van der Waals surface area contributed by atoms with Crippen LogP contribution < -0.4 is 10.5 Å². The number of sulfonamides is 1. The van der Waals surface area contributed by atoms with Gasteiger partial charge in [-0.2, -0.15) is 10.2 Å². The van der Waals surface area contributed by atoms with Crippen molar-refractivity contribution >= 4 is 31.6 Å². The average molecular weight is 361 g/mol. The number of nitrogen functional groups attached to an aromatic ring is 1. The molecule has 1 aromatic carbocycles. The minimum atomic E-state index is -3.84. The number of aromatic nitrogens is 2. The Labute approximate surface area is 123 Å². The fourth-order valence-corrected chi connectivity index (χ4v) is 3.47. The molecule has 20 heavy (non-hydrogen) atoms. The van der Waals surface area contributed by atoms with Crippen LogP contribution in [0, 0.1) is 5.82 Å². The Morgan fingerprint density at radius 1 is 1.40 bits per heavy atom. The van der Waals surface area contributed by atoms with Gasteiger partial charge in [0.15, 0.2) is 0 Å². The number of nitrogens with one attached hydrogen (secondary N) is 1. The standard InChI is InChI=1S/C11H10BrFN4O2S/c12-8-4-9(13)10(14)5-11(8)20(18,19)16-6-7-2-1-3-15-17-7/h1-5,16H,6,14H2. The maximum Gasteiger partial charge on any atom is 0.242 e. The van der Waals surface area contributed by atoms with Gasteiger partial charge in [-0.3, -0.25) is 0 Å². The number of benzene rings is 1. The number of nitrogens with two attached hydrogens (primary N) is 1. The highest BCUT2D eigenvalue weighted by Crippen LogP contribution is 2.26. The summed E-state index contributed by atoms with van der Waals surface area (Å²) in [5, 5.41) is 7.39. The third-order valence-corrected chi connectivity index (χ3v) is 4.77. The Morgan fingerprint density at radius 3 is 2.80 bits per heavy atom. The lowest BCUT2D eigenvalue weighted by molar-refractivity contribution is 0.578. The summed E-state index contributed by atoms with van der Waals surface area (Å²) in [6, 6.07) is 5.33. The molecule has 1 aromatic heterocycles. The maximum atomic E-state index is 13.2. The van der Waals surface area contributed by atoms with Crippen molar-refractivity contribution < 1.29 is 12.8 Å². The Balaban J connectivity index is 2.25. The van der Waals surface area contributed by atoms with E-state index in [0.29, 0.717) is 5.69 Å². The van der Waals surface area contributed by atoms with Gasteiger partial charge in [-0.15, -0.1) is 0 Å². The summed E-state index contributed by atoms with van der Waals surface area (Å²) in [5.74, 6) is -0.690. The highest BCUT2D eigenvalue weighted by molar-refractivity contribution is 9.10. The van der Waals surface area contributed by atoms with Gasteiger partial charge in [0, 0.05) is 10.7 Å². The first-order chi connectivity index (χ1) is 9.40. The fraction of sp³-hybridized carbons (Fsp3) is 0.0909. The van der Waals surface area contributed by atoms with Gasteiger partial charge in [0.05, 0.1) is 22.8 Å². The quantitative estimate of drug-likeness (QED) is 0.803. The van der Waals surface area contributed by atoms with E-state index in [1.807, 2.05) is 0 Å². The lowest BCUT2D eigenvalue weighted by atomic mass is 10.3. The van der Waals surface area contributed by atoms with E-state index in [0.717, 1.165) is 12.1 Å². The van der Waals surface area contributed by atoms with Crippen LogP contribution in [-0.2, 0) is 16.6 Å². The first-order valence-electron chi connectivity index (χ1n) is 5.41. The summed E-state index contributed by atoms with van der Waals surface area (Å²) in [5.41, 5.74) is 5.60. The Kier molecular flexibility index (Phi) is 4.31. The molecule has 0 saturated heterocycles. The highest BCUT2D eigenvalue weighted by Gasteiger charge is 2.19. The molecule has 0 aliphatic rings. The van der Waals surface area contributed by atoms with Crippen LogP contribution in [0.15, 0.2) is 39.8 Å². The second kappa shape index (κ2) is 5.81. The molecule has 0 radical (unpaired) electrons. The van der Waals surface area contributed by atoms with Crippen molar-refractivity contribution in [3.63, 3.8) is 0 Å². The summed E-state index contributed by atoms with van der Waals surface area (Å²) in [4.78, 5) is -0.139. The molecule has 0 atom stereocenters. The van der Waals surface area contributed by atoms with Gasteiger partial charge in [-0.25, -0.2) is 17.5 Å². The molecule has 0 amide bonds. The van der Waals surface area contributed by atoms with Crippen LogP contribution in [0.4, 0.5) is 10.1 Å². The van der Waals surface area contributed by atoms with Crippen molar-refractivity contribution in [1.82, 2.24) is 14.9 Å². The van der Waals surface area contributed by atoms with E-state index in [9.17, 15) is 12.8 Å². The number of hydrogen-bond donors (Lipinski definition) is 2. The van der Waals surface area contributed by atoms with E-state index in [1.165, 1.54) is 6.20 Å². The normalized spacial score (nSPS) is 11.5. The molecule has 2 aromatic rings. The monoisotopic (exact) mass is 360 g/mol. The minimum Gasteiger partial charge on any atom is -0.396 e. The fourth-order valence-electron chi connectivity index (χ4n) is 1.43. The molecule has 0 fully saturated rings. The summed E-state index contributed by atoms with van der Waals surface area (Å²) in [6.07, 6.45) is 1.48. The molecule has 106 valence electrons. The Hall–Kier alpha value is -1.58. The van der Waals surface area contributed by atoms with Crippen molar-refractivity contribution in [1.29, 1.82) is 0 Å². The van der Waals surface area contributed by atoms with Gasteiger partial charge in [0.25, 0.3) is 0 Å². The summed E-state index contributed by atoms with van der Waals surface area (Å²) >= 11 is 3.00. The van der Waals surface area contributed by atoms with E-state index in [4.69, 9.17) is 5.73 Å². The second-order valence-electron chi connectivity index (χ2n) is 3.84. The number of anilines is 1. The van der Waals surface area contributed by atoms with Gasteiger partial charge in [0.1, 0.15) is 5.82 Å². The van der Waals surface area contributed by atoms with Crippen LogP contribution in [-0.4, -0.2) is 18.6 Å². The first-order valence-corrected chi connectivity index (χ1v) is 7.68. The predicted octanol–water partition coefficient (Wildman–Crippen LogP) is 1.44. The molecule has 3 N–H and O–H groups in total. The minimum absolute atomic E-state index is 0.0279. The van der Waals surface area contributed by atoms with Gasteiger partial charge in [-0.05, 0) is 40.2 Å². The zero-order valence-corrected chi connectivity index (χ0v) is 12.4. The number of halogens is 2.